The molecule has 9 nitrogen and oxygen atoms in total. The molecule has 0 aliphatic carbocycles. The van der Waals surface area contributed by atoms with Crippen molar-refractivity contribution >= 4 is 52.0 Å². The molecule has 11 heteroatoms. The van der Waals surface area contributed by atoms with Gasteiger partial charge in [0.1, 0.15) is 10.7 Å². The first-order valence-electron chi connectivity index (χ1n) is 11.5. The summed E-state index contributed by atoms with van der Waals surface area (Å²) in [4.78, 5) is 25.2. The van der Waals surface area contributed by atoms with Crippen LogP contribution in [0.4, 0.5) is 17.1 Å². The molecule has 35 heavy (non-hydrogen) atoms. The Morgan fingerprint density at radius 3 is 2.71 bits per heavy atom. The SMILES string of the molecule is CN(C)Sc1ccc(N2CCC(c3nc(C(=O)Nc4cnccc4N4CCNCC4)cs3)=N2)cc1. The molecule has 1 fully saturated rings. The van der Waals surface area contributed by atoms with Gasteiger partial charge in [-0.15, -0.1) is 11.3 Å². The number of carbonyl (C=O) groups excluding carboxylic acids is 1. The molecule has 3 aromatic rings. The first kappa shape index (κ1) is 23.7. The van der Waals surface area contributed by atoms with Crippen LogP contribution in [0.25, 0.3) is 0 Å². The van der Waals surface area contributed by atoms with Crippen molar-refractivity contribution in [3.63, 3.8) is 0 Å². The summed E-state index contributed by atoms with van der Waals surface area (Å²) < 4.78 is 2.07. The lowest BCUT2D eigenvalue weighted by atomic mass is 10.2. The van der Waals surface area contributed by atoms with E-state index in [-0.39, 0.29) is 5.91 Å². The molecule has 4 heterocycles. The van der Waals surface area contributed by atoms with Crippen molar-refractivity contribution in [1.29, 1.82) is 0 Å². The molecule has 5 rings (SSSR count). The van der Waals surface area contributed by atoms with E-state index in [0.29, 0.717) is 11.4 Å². The summed E-state index contributed by atoms with van der Waals surface area (Å²) in [6.07, 6.45) is 4.24. The average Bonchev–Trinajstić information content (AvgIpc) is 3.55. The van der Waals surface area contributed by atoms with Crippen LogP contribution in [0.15, 0.2) is 58.1 Å². The molecule has 0 radical (unpaired) electrons. The summed E-state index contributed by atoms with van der Waals surface area (Å²) in [5, 5.41) is 15.7. The van der Waals surface area contributed by atoms with E-state index in [2.05, 4.69) is 54.1 Å². The van der Waals surface area contributed by atoms with Gasteiger partial charge in [-0.05, 0) is 56.4 Å². The Morgan fingerprint density at radius 2 is 1.94 bits per heavy atom. The number of hydrazone groups is 1. The van der Waals surface area contributed by atoms with Gasteiger partial charge in [-0.25, -0.2) is 4.98 Å². The summed E-state index contributed by atoms with van der Waals surface area (Å²) in [5.74, 6) is -0.235. The molecule has 0 spiro atoms. The summed E-state index contributed by atoms with van der Waals surface area (Å²) in [6.45, 7) is 4.41. The topological polar surface area (TPSA) is 89.0 Å². The quantitative estimate of drug-likeness (QED) is 0.470. The monoisotopic (exact) mass is 508 g/mol. The lowest BCUT2D eigenvalue weighted by molar-refractivity contribution is 0.102. The minimum Gasteiger partial charge on any atom is -0.367 e. The van der Waals surface area contributed by atoms with E-state index in [0.717, 1.165) is 61.2 Å². The number of nitrogens with one attached hydrogen (secondary N) is 2. The molecule has 1 saturated heterocycles. The highest BCUT2D eigenvalue weighted by Gasteiger charge is 2.22. The van der Waals surface area contributed by atoms with Crippen molar-refractivity contribution in [2.75, 3.05) is 62.0 Å². The molecule has 0 bridgehead atoms. The number of hydrogen-bond acceptors (Lipinski definition) is 10. The number of aromatic nitrogens is 2. The van der Waals surface area contributed by atoms with Crippen LogP contribution in [-0.4, -0.2) is 72.7 Å². The van der Waals surface area contributed by atoms with Gasteiger partial charge in [-0.1, -0.05) is 0 Å². The molecular weight excluding hydrogens is 480 g/mol. The summed E-state index contributed by atoms with van der Waals surface area (Å²) in [6, 6.07) is 10.3. The van der Waals surface area contributed by atoms with Crippen LogP contribution in [-0.2, 0) is 0 Å². The number of thiazole rings is 1. The van der Waals surface area contributed by atoms with Crippen LogP contribution in [0.2, 0.25) is 0 Å². The van der Waals surface area contributed by atoms with E-state index < -0.39 is 0 Å². The second-order valence-electron chi connectivity index (χ2n) is 8.44. The Labute approximate surface area is 213 Å². The van der Waals surface area contributed by atoms with Gasteiger partial charge in [0.05, 0.1) is 29.0 Å². The van der Waals surface area contributed by atoms with E-state index in [4.69, 9.17) is 5.10 Å². The molecule has 2 N–H and O–H groups in total. The van der Waals surface area contributed by atoms with Crippen molar-refractivity contribution < 1.29 is 4.79 Å². The molecule has 2 aliphatic rings. The van der Waals surface area contributed by atoms with Gasteiger partial charge >= 0.3 is 0 Å². The number of amides is 1. The third-order valence-electron chi connectivity index (χ3n) is 5.71. The highest BCUT2D eigenvalue weighted by atomic mass is 32.2. The van der Waals surface area contributed by atoms with Crippen LogP contribution in [0.1, 0.15) is 21.9 Å². The zero-order valence-electron chi connectivity index (χ0n) is 19.8. The Bertz CT molecular complexity index is 1200. The first-order valence-corrected chi connectivity index (χ1v) is 13.2. The van der Waals surface area contributed by atoms with E-state index >= 15 is 0 Å². The number of anilines is 3. The van der Waals surface area contributed by atoms with Gasteiger partial charge in [0.15, 0.2) is 0 Å². The lowest BCUT2D eigenvalue weighted by Gasteiger charge is -2.30. The second kappa shape index (κ2) is 10.7. The number of carbonyl (C=O) groups is 1. The molecule has 0 saturated carbocycles. The number of rotatable bonds is 7. The van der Waals surface area contributed by atoms with Crippen LogP contribution >= 0.6 is 23.3 Å². The third-order valence-corrected chi connectivity index (χ3v) is 7.45. The Balaban J connectivity index is 1.26. The zero-order chi connectivity index (χ0) is 24.2. The molecule has 0 atom stereocenters. The van der Waals surface area contributed by atoms with Crippen LogP contribution in [0, 0.1) is 0 Å². The predicted molar refractivity (Wildman–Crippen MR) is 144 cm³/mol. The van der Waals surface area contributed by atoms with Gasteiger partial charge in [0.25, 0.3) is 5.91 Å². The van der Waals surface area contributed by atoms with Crippen LogP contribution in [0.3, 0.4) is 0 Å². The molecular formula is C24H28N8OS2. The standard InChI is InChI=1S/C24H28N8OS2/c1-30(2)35-18-5-3-17(4-6-18)32-12-8-19(29-32)24-28-21(16-34-24)23(33)27-20-15-26-9-7-22(20)31-13-10-25-11-14-31/h3-7,9,15-16,25H,8,10-14H2,1-2H3,(H,27,33). The third kappa shape index (κ3) is 5.64. The molecule has 0 unspecified atom stereocenters. The van der Waals surface area contributed by atoms with Gasteiger partial charge in [0.2, 0.25) is 0 Å². The predicted octanol–water partition coefficient (Wildman–Crippen LogP) is 3.38. The summed E-state index contributed by atoms with van der Waals surface area (Å²) >= 11 is 3.14. The van der Waals surface area contributed by atoms with Gasteiger partial charge in [-0.2, -0.15) is 5.10 Å². The Morgan fingerprint density at radius 1 is 1.14 bits per heavy atom. The maximum absolute atomic E-state index is 13.0. The van der Waals surface area contributed by atoms with Crippen molar-refractivity contribution in [3.8, 4) is 0 Å². The smallest absolute Gasteiger partial charge is 0.275 e. The fraction of sp³-hybridized carbons (Fsp3) is 0.333. The average molecular weight is 509 g/mol. The Hall–Kier alpha value is -2.99. The lowest BCUT2D eigenvalue weighted by Crippen LogP contribution is -2.43. The van der Waals surface area contributed by atoms with E-state index in [1.807, 2.05) is 25.2 Å². The fourth-order valence-corrected chi connectivity index (χ4v) is 5.54. The van der Waals surface area contributed by atoms with Crippen molar-refractivity contribution in [2.24, 2.45) is 5.10 Å². The van der Waals surface area contributed by atoms with Crippen molar-refractivity contribution in [2.45, 2.75) is 11.3 Å². The largest absolute Gasteiger partial charge is 0.367 e. The van der Waals surface area contributed by atoms with Gasteiger partial charge < -0.3 is 15.5 Å². The fourth-order valence-electron chi connectivity index (χ4n) is 4.05. The number of nitrogens with zero attached hydrogens (tertiary/aromatic N) is 6. The minimum atomic E-state index is -0.235. The Kier molecular flexibility index (Phi) is 7.28. The maximum atomic E-state index is 13.0. The van der Waals surface area contributed by atoms with Crippen LogP contribution in [0.5, 0.6) is 0 Å². The molecule has 2 aliphatic heterocycles. The maximum Gasteiger partial charge on any atom is 0.275 e. The number of piperazine rings is 1. The number of hydrogen-bond donors (Lipinski definition) is 2. The van der Waals surface area contributed by atoms with Gasteiger partial charge in [0, 0.05) is 55.6 Å². The van der Waals surface area contributed by atoms with E-state index in [1.165, 1.54) is 16.2 Å². The zero-order valence-corrected chi connectivity index (χ0v) is 21.4. The van der Waals surface area contributed by atoms with E-state index in [1.54, 1.807) is 29.7 Å². The normalized spacial score (nSPS) is 16.0. The second-order valence-corrected chi connectivity index (χ2v) is 10.7. The van der Waals surface area contributed by atoms with Crippen molar-refractivity contribution in [1.82, 2.24) is 19.6 Å². The summed E-state index contributed by atoms with van der Waals surface area (Å²) in [5.41, 5.74) is 4.04. The molecule has 182 valence electrons. The first-order chi connectivity index (χ1) is 17.1. The van der Waals surface area contributed by atoms with E-state index in [9.17, 15) is 4.79 Å². The number of benzene rings is 1. The highest BCUT2D eigenvalue weighted by molar-refractivity contribution is 7.97. The molecule has 1 aromatic carbocycles. The minimum absolute atomic E-state index is 0.235. The van der Waals surface area contributed by atoms with Gasteiger partial charge in [-0.3, -0.25) is 19.1 Å². The molecule has 1 amide bonds. The number of pyridine rings is 1. The van der Waals surface area contributed by atoms with Crippen LogP contribution < -0.4 is 20.5 Å². The van der Waals surface area contributed by atoms with Crippen molar-refractivity contribution in [3.05, 3.63) is 58.8 Å². The molecule has 2 aromatic heterocycles. The highest BCUT2D eigenvalue weighted by Crippen LogP contribution is 2.28. The summed E-state index contributed by atoms with van der Waals surface area (Å²) in [7, 11) is 4.06.